The molecule has 2 aromatic rings. The molecule has 0 aliphatic carbocycles. The molecule has 20 heavy (non-hydrogen) atoms. The van der Waals surface area contributed by atoms with E-state index in [2.05, 4.69) is 41.9 Å². The highest BCUT2D eigenvalue weighted by Crippen LogP contribution is 2.33. The van der Waals surface area contributed by atoms with Crippen molar-refractivity contribution in [3.8, 4) is 5.75 Å². The van der Waals surface area contributed by atoms with Gasteiger partial charge in [0.1, 0.15) is 0 Å². The van der Waals surface area contributed by atoms with Gasteiger partial charge in [-0.15, -0.1) is 24.5 Å². The molecule has 0 amide bonds. The summed E-state index contributed by atoms with van der Waals surface area (Å²) in [5.74, 6) is -0.262. The van der Waals surface area contributed by atoms with Crippen LogP contribution in [0, 0.1) is 0 Å². The second-order valence-corrected chi connectivity index (χ2v) is 7.21. The van der Waals surface area contributed by atoms with Gasteiger partial charge in [-0.1, -0.05) is 15.9 Å². The molecular formula is C12H8Br2F3NOS. The first kappa shape index (κ1) is 15.7. The molecule has 0 fully saturated rings. The second-order valence-electron chi connectivity index (χ2n) is 3.75. The zero-order chi connectivity index (χ0) is 14.8. The zero-order valence-corrected chi connectivity index (χ0v) is 13.8. The van der Waals surface area contributed by atoms with Gasteiger partial charge in [0, 0.05) is 15.9 Å². The van der Waals surface area contributed by atoms with Crippen molar-refractivity contribution >= 4 is 48.9 Å². The minimum absolute atomic E-state index is 0.262. The summed E-state index contributed by atoms with van der Waals surface area (Å²) in [6.07, 6.45) is -4.72. The van der Waals surface area contributed by atoms with Crippen molar-refractivity contribution in [1.82, 2.24) is 0 Å². The molecule has 0 radical (unpaired) electrons. The van der Waals surface area contributed by atoms with Gasteiger partial charge < -0.3 is 10.1 Å². The van der Waals surface area contributed by atoms with Crippen LogP contribution < -0.4 is 10.1 Å². The topological polar surface area (TPSA) is 21.3 Å². The summed E-state index contributed by atoms with van der Waals surface area (Å²) in [6, 6.07) is 8.24. The number of anilines is 1. The van der Waals surface area contributed by atoms with Crippen molar-refractivity contribution in [2.24, 2.45) is 0 Å². The van der Waals surface area contributed by atoms with Crippen LogP contribution in [0.3, 0.4) is 0 Å². The summed E-state index contributed by atoms with van der Waals surface area (Å²) < 4.78 is 42.5. The average Bonchev–Trinajstić information content (AvgIpc) is 2.72. The minimum atomic E-state index is -4.72. The summed E-state index contributed by atoms with van der Waals surface area (Å²) >= 11 is 7.97. The SMILES string of the molecule is FC(F)(F)Oc1cc(Br)ccc1NCc1ccc(Br)s1. The Morgan fingerprint density at radius 2 is 1.90 bits per heavy atom. The Morgan fingerprint density at radius 1 is 1.15 bits per heavy atom. The molecule has 1 N–H and O–H groups in total. The molecule has 0 bridgehead atoms. The number of halogens is 5. The van der Waals surface area contributed by atoms with E-state index in [1.54, 1.807) is 6.07 Å². The fraction of sp³-hybridized carbons (Fsp3) is 0.167. The lowest BCUT2D eigenvalue weighted by atomic mass is 10.3. The van der Waals surface area contributed by atoms with E-state index < -0.39 is 6.36 Å². The number of ether oxygens (including phenoxy) is 1. The lowest BCUT2D eigenvalue weighted by Gasteiger charge is -2.14. The summed E-state index contributed by atoms with van der Waals surface area (Å²) in [4.78, 5) is 0.998. The molecule has 1 aromatic heterocycles. The van der Waals surface area contributed by atoms with Crippen LogP contribution >= 0.6 is 43.2 Å². The third kappa shape index (κ3) is 4.68. The summed E-state index contributed by atoms with van der Waals surface area (Å²) in [7, 11) is 0. The fourth-order valence-corrected chi connectivity index (χ4v) is 3.24. The van der Waals surface area contributed by atoms with E-state index >= 15 is 0 Å². The van der Waals surface area contributed by atoms with Crippen molar-refractivity contribution in [2.75, 3.05) is 5.32 Å². The summed E-state index contributed by atoms with van der Waals surface area (Å²) in [6.45, 7) is 0.423. The van der Waals surface area contributed by atoms with Crippen LogP contribution in [0.1, 0.15) is 4.88 Å². The predicted octanol–water partition coefficient (Wildman–Crippen LogP) is 5.78. The first-order valence-electron chi connectivity index (χ1n) is 5.37. The highest BCUT2D eigenvalue weighted by Gasteiger charge is 2.32. The maximum Gasteiger partial charge on any atom is 0.573 e. The zero-order valence-electron chi connectivity index (χ0n) is 9.80. The lowest BCUT2D eigenvalue weighted by Crippen LogP contribution is -2.18. The first-order chi connectivity index (χ1) is 9.33. The minimum Gasteiger partial charge on any atom is -0.404 e. The van der Waals surface area contributed by atoms with Crippen LogP contribution in [-0.4, -0.2) is 6.36 Å². The smallest absolute Gasteiger partial charge is 0.404 e. The van der Waals surface area contributed by atoms with Gasteiger partial charge in [-0.2, -0.15) is 0 Å². The van der Waals surface area contributed by atoms with Crippen LogP contribution in [0.15, 0.2) is 38.6 Å². The number of hydrogen-bond donors (Lipinski definition) is 1. The summed E-state index contributed by atoms with van der Waals surface area (Å²) in [5.41, 5.74) is 0.287. The Bertz CT molecular complexity index is 601. The van der Waals surface area contributed by atoms with E-state index in [-0.39, 0.29) is 11.4 Å². The molecule has 0 unspecified atom stereocenters. The van der Waals surface area contributed by atoms with Crippen LogP contribution in [0.4, 0.5) is 18.9 Å². The number of alkyl halides is 3. The average molecular weight is 431 g/mol. The van der Waals surface area contributed by atoms with Gasteiger partial charge in [-0.3, -0.25) is 0 Å². The molecule has 0 saturated carbocycles. The highest BCUT2D eigenvalue weighted by atomic mass is 79.9. The molecule has 1 heterocycles. The van der Waals surface area contributed by atoms with Crippen LogP contribution in [0.2, 0.25) is 0 Å². The Kier molecular flexibility index (Phi) is 4.98. The van der Waals surface area contributed by atoms with E-state index in [1.807, 2.05) is 12.1 Å². The highest BCUT2D eigenvalue weighted by molar-refractivity contribution is 9.11. The Balaban J connectivity index is 2.14. The van der Waals surface area contributed by atoms with Crippen molar-refractivity contribution in [3.05, 3.63) is 43.5 Å². The van der Waals surface area contributed by atoms with Gasteiger partial charge in [-0.25, -0.2) is 0 Å². The van der Waals surface area contributed by atoms with Gasteiger partial charge in [0.25, 0.3) is 0 Å². The van der Waals surface area contributed by atoms with Gasteiger partial charge in [0.15, 0.2) is 5.75 Å². The van der Waals surface area contributed by atoms with Crippen molar-refractivity contribution in [1.29, 1.82) is 0 Å². The standard InChI is InChI=1S/C12H8Br2F3NOS/c13-7-1-3-9(10(5-7)19-12(15,16)17)18-6-8-2-4-11(14)20-8/h1-5,18H,6H2. The molecule has 8 heteroatoms. The molecule has 0 saturated heterocycles. The predicted molar refractivity (Wildman–Crippen MR) is 80.2 cm³/mol. The molecule has 0 atom stereocenters. The fourth-order valence-electron chi connectivity index (χ4n) is 1.48. The monoisotopic (exact) mass is 429 g/mol. The quantitative estimate of drug-likeness (QED) is 0.663. The largest absolute Gasteiger partial charge is 0.573 e. The molecular weight excluding hydrogens is 423 g/mol. The molecule has 2 rings (SSSR count). The third-order valence-corrected chi connectivity index (χ3v) is 4.37. The van der Waals surface area contributed by atoms with Crippen LogP contribution in [0.5, 0.6) is 5.75 Å². The van der Waals surface area contributed by atoms with Crippen LogP contribution in [0.25, 0.3) is 0 Å². The Morgan fingerprint density at radius 3 is 2.50 bits per heavy atom. The normalized spacial score (nSPS) is 11.4. The Hall–Kier alpha value is -0.730. The van der Waals surface area contributed by atoms with Gasteiger partial charge in [0.2, 0.25) is 0 Å². The molecule has 2 nitrogen and oxygen atoms in total. The van der Waals surface area contributed by atoms with Crippen LogP contribution in [-0.2, 0) is 6.54 Å². The molecule has 0 spiro atoms. The van der Waals surface area contributed by atoms with E-state index in [1.165, 1.54) is 23.5 Å². The van der Waals surface area contributed by atoms with E-state index in [0.717, 1.165) is 8.66 Å². The lowest BCUT2D eigenvalue weighted by molar-refractivity contribution is -0.274. The van der Waals surface area contributed by atoms with E-state index in [9.17, 15) is 13.2 Å². The van der Waals surface area contributed by atoms with Crippen molar-refractivity contribution in [2.45, 2.75) is 12.9 Å². The number of rotatable bonds is 4. The Labute approximate surface area is 134 Å². The van der Waals surface area contributed by atoms with Crippen molar-refractivity contribution in [3.63, 3.8) is 0 Å². The number of nitrogens with one attached hydrogen (secondary N) is 1. The van der Waals surface area contributed by atoms with Gasteiger partial charge in [0.05, 0.1) is 9.47 Å². The summed E-state index contributed by atoms with van der Waals surface area (Å²) in [5, 5.41) is 2.94. The molecule has 1 aromatic carbocycles. The second kappa shape index (κ2) is 6.36. The van der Waals surface area contributed by atoms with E-state index in [4.69, 9.17) is 0 Å². The number of benzene rings is 1. The maximum atomic E-state index is 12.4. The van der Waals surface area contributed by atoms with Gasteiger partial charge in [-0.05, 0) is 46.3 Å². The molecule has 0 aliphatic heterocycles. The number of thiophene rings is 1. The van der Waals surface area contributed by atoms with E-state index in [0.29, 0.717) is 11.0 Å². The van der Waals surface area contributed by atoms with Gasteiger partial charge >= 0.3 is 6.36 Å². The number of hydrogen-bond acceptors (Lipinski definition) is 3. The molecule has 0 aliphatic rings. The maximum absolute atomic E-state index is 12.4. The third-order valence-electron chi connectivity index (χ3n) is 2.25. The van der Waals surface area contributed by atoms with Crippen molar-refractivity contribution < 1.29 is 17.9 Å². The molecule has 108 valence electrons. The first-order valence-corrected chi connectivity index (χ1v) is 7.77.